The quantitative estimate of drug-likeness (QED) is 0.550. The number of rotatable bonds is 8. The smallest absolute Gasteiger partial charge is 0.191 e. The van der Waals surface area contributed by atoms with Crippen LogP contribution in [0.4, 0.5) is 0 Å². The van der Waals surface area contributed by atoms with E-state index in [0.29, 0.717) is 12.6 Å². The molecule has 1 aliphatic heterocycles. The van der Waals surface area contributed by atoms with E-state index in [-0.39, 0.29) is 6.10 Å². The van der Waals surface area contributed by atoms with Crippen molar-refractivity contribution in [2.75, 3.05) is 40.3 Å². The Hall–Kier alpha value is -1.95. The second-order valence-corrected chi connectivity index (χ2v) is 6.69. The first kappa shape index (κ1) is 20.4. The number of methoxy groups -OCH3 is 1. The van der Waals surface area contributed by atoms with Crippen LogP contribution in [0, 0.1) is 0 Å². The van der Waals surface area contributed by atoms with Gasteiger partial charge in [-0.3, -0.25) is 9.89 Å². The lowest BCUT2D eigenvalue weighted by Crippen LogP contribution is -2.50. The van der Waals surface area contributed by atoms with E-state index >= 15 is 0 Å². The van der Waals surface area contributed by atoms with Gasteiger partial charge in [0.2, 0.25) is 0 Å². The third kappa shape index (κ3) is 6.09. The first-order valence-electron chi connectivity index (χ1n) is 9.66. The Labute approximate surface area is 158 Å². The third-order valence-electron chi connectivity index (χ3n) is 4.84. The number of ether oxygens (including phenoxy) is 2. The van der Waals surface area contributed by atoms with Crippen molar-refractivity contribution in [2.45, 2.75) is 45.3 Å². The summed E-state index contributed by atoms with van der Waals surface area (Å²) < 4.78 is 11.3. The summed E-state index contributed by atoms with van der Waals surface area (Å²) in [4.78, 5) is 6.88. The van der Waals surface area contributed by atoms with Gasteiger partial charge in [0.1, 0.15) is 6.10 Å². The molecule has 1 aromatic carbocycles. The molecule has 2 N–H and O–H groups in total. The minimum absolute atomic E-state index is 0.00771. The van der Waals surface area contributed by atoms with Crippen molar-refractivity contribution in [3.63, 3.8) is 0 Å². The molecular formula is C20H34N4O2. The molecule has 2 rings (SSSR count). The van der Waals surface area contributed by atoms with Crippen LogP contribution in [0.25, 0.3) is 0 Å². The maximum absolute atomic E-state index is 5.98. The van der Waals surface area contributed by atoms with Crippen molar-refractivity contribution in [2.24, 2.45) is 4.99 Å². The number of nitrogens with one attached hydrogen (secondary N) is 2. The molecule has 1 heterocycles. The first-order chi connectivity index (χ1) is 12.7. The molecule has 0 saturated carbocycles. The van der Waals surface area contributed by atoms with Gasteiger partial charge in [0.25, 0.3) is 0 Å². The van der Waals surface area contributed by atoms with Crippen LogP contribution in [0.1, 0.15) is 33.1 Å². The minimum atomic E-state index is -0.00771. The molecule has 0 amide bonds. The minimum Gasteiger partial charge on any atom is -0.493 e. The summed E-state index contributed by atoms with van der Waals surface area (Å²) in [5, 5.41) is 6.82. The zero-order chi connectivity index (χ0) is 18.8. The van der Waals surface area contributed by atoms with E-state index in [1.807, 2.05) is 31.2 Å². The summed E-state index contributed by atoms with van der Waals surface area (Å²) in [6.07, 6.45) is 3.88. The molecule has 6 nitrogen and oxygen atoms in total. The molecule has 1 saturated heterocycles. The first-order valence-corrected chi connectivity index (χ1v) is 9.66. The average Bonchev–Trinajstić information content (AvgIpc) is 2.68. The van der Waals surface area contributed by atoms with Crippen LogP contribution in [0.5, 0.6) is 11.5 Å². The van der Waals surface area contributed by atoms with Crippen LogP contribution in [0.15, 0.2) is 29.3 Å². The van der Waals surface area contributed by atoms with Crippen LogP contribution in [-0.4, -0.2) is 63.3 Å². The standard InChI is InChI=1S/C20H34N4O2/c1-5-24-13-9-8-10-17(24)15-23-20(21-3)22-14-16(2)26-19-12-7-6-11-18(19)25-4/h6-7,11-12,16-17H,5,8-10,13-15H2,1-4H3,(H2,21,22,23). The molecule has 146 valence electrons. The number of hydrogen-bond donors (Lipinski definition) is 2. The Morgan fingerprint density at radius 1 is 1.27 bits per heavy atom. The van der Waals surface area contributed by atoms with E-state index in [4.69, 9.17) is 9.47 Å². The number of hydrogen-bond acceptors (Lipinski definition) is 4. The molecule has 0 bridgehead atoms. The summed E-state index contributed by atoms with van der Waals surface area (Å²) in [6.45, 7) is 8.19. The Kier molecular flexibility index (Phi) is 8.54. The highest BCUT2D eigenvalue weighted by Crippen LogP contribution is 2.26. The normalized spacial score (nSPS) is 19.7. The highest BCUT2D eigenvalue weighted by molar-refractivity contribution is 5.79. The number of aliphatic imine (C=N–C) groups is 1. The van der Waals surface area contributed by atoms with Crippen molar-refractivity contribution in [1.82, 2.24) is 15.5 Å². The molecule has 0 aliphatic carbocycles. The van der Waals surface area contributed by atoms with Gasteiger partial charge in [0.05, 0.1) is 13.7 Å². The van der Waals surface area contributed by atoms with Gasteiger partial charge in [-0.2, -0.15) is 0 Å². The molecule has 0 aromatic heterocycles. The zero-order valence-electron chi connectivity index (χ0n) is 16.6. The number of para-hydroxylation sites is 2. The molecular weight excluding hydrogens is 328 g/mol. The predicted octanol–water partition coefficient (Wildman–Crippen LogP) is 2.50. The van der Waals surface area contributed by atoms with Crippen LogP contribution in [-0.2, 0) is 0 Å². The lowest BCUT2D eigenvalue weighted by molar-refractivity contribution is 0.157. The maximum Gasteiger partial charge on any atom is 0.191 e. The Balaban J connectivity index is 1.77. The SMILES string of the molecule is CCN1CCCCC1CNC(=NC)NCC(C)Oc1ccccc1OC. The number of nitrogens with zero attached hydrogens (tertiary/aromatic N) is 2. The highest BCUT2D eigenvalue weighted by Gasteiger charge is 2.20. The fourth-order valence-electron chi connectivity index (χ4n) is 3.36. The summed E-state index contributed by atoms with van der Waals surface area (Å²) >= 11 is 0. The summed E-state index contributed by atoms with van der Waals surface area (Å²) in [5.74, 6) is 2.33. The van der Waals surface area contributed by atoms with Crippen LogP contribution in [0.3, 0.4) is 0 Å². The maximum atomic E-state index is 5.98. The second kappa shape index (κ2) is 10.9. The number of benzene rings is 1. The Bertz CT molecular complexity index is 564. The third-order valence-corrected chi connectivity index (χ3v) is 4.84. The lowest BCUT2D eigenvalue weighted by atomic mass is 10.0. The number of piperidine rings is 1. The largest absolute Gasteiger partial charge is 0.493 e. The van der Waals surface area contributed by atoms with E-state index < -0.39 is 0 Å². The van der Waals surface area contributed by atoms with Crippen LogP contribution < -0.4 is 20.1 Å². The molecule has 1 aromatic rings. The zero-order valence-corrected chi connectivity index (χ0v) is 16.6. The predicted molar refractivity (Wildman–Crippen MR) is 107 cm³/mol. The number of likely N-dealkylation sites (N-methyl/N-ethyl adjacent to an activating group) is 1. The summed E-state index contributed by atoms with van der Waals surface area (Å²) in [5.41, 5.74) is 0. The molecule has 0 spiro atoms. The summed E-state index contributed by atoms with van der Waals surface area (Å²) in [7, 11) is 3.46. The van der Waals surface area contributed by atoms with E-state index in [1.54, 1.807) is 14.2 Å². The van der Waals surface area contributed by atoms with Gasteiger partial charge in [-0.25, -0.2) is 0 Å². The molecule has 0 radical (unpaired) electrons. The highest BCUT2D eigenvalue weighted by atomic mass is 16.5. The lowest BCUT2D eigenvalue weighted by Gasteiger charge is -2.35. The Morgan fingerprint density at radius 3 is 2.73 bits per heavy atom. The van der Waals surface area contributed by atoms with Gasteiger partial charge in [-0.05, 0) is 45.0 Å². The van der Waals surface area contributed by atoms with Gasteiger partial charge in [0, 0.05) is 19.6 Å². The molecule has 26 heavy (non-hydrogen) atoms. The van der Waals surface area contributed by atoms with Crippen LogP contribution >= 0.6 is 0 Å². The second-order valence-electron chi connectivity index (χ2n) is 6.69. The fraction of sp³-hybridized carbons (Fsp3) is 0.650. The van der Waals surface area contributed by atoms with E-state index in [9.17, 15) is 0 Å². The molecule has 1 aliphatic rings. The van der Waals surface area contributed by atoms with Crippen molar-refractivity contribution in [3.05, 3.63) is 24.3 Å². The molecule has 1 fully saturated rings. The average molecular weight is 363 g/mol. The molecule has 2 unspecified atom stereocenters. The fourth-order valence-corrected chi connectivity index (χ4v) is 3.36. The van der Waals surface area contributed by atoms with E-state index in [0.717, 1.165) is 30.5 Å². The molecule has 6 heteroatoms. The molecule has 2 atom stereocenters. The van der Waals surface area contributed by atoms with Gasteiger partial charge >= 0.3 is 0 Å². The van der Waals surface area contributed by atoms with Crippen molar-refractivity contribution in [1.29, 1.82) is 0 Å². The van der Waals surface area contributed by atoms with Gasteiger partial charge in [0.15, 0.2) is 17.5 Å². The van der Waals surface area contributed by atoms with Crippen molar-refractivity contribution < 1.29 is 9.47 Å². The topological polar surface area (TPSA) is 58.1 Å². The number of guanidine groups is 1. The van der Waals surface area contributed by atoms with E-state index in [1.165, 1.54) is 25.8 Å². The Morgan fingerprint density at radius 2 is 2.04 bits per heavy atom. The van der Waals surface area contributed by atoms with Crippen molar-refractivity contribution in [3.8, 4) is 11.5 Å². The van der Waals surface area contributed by atoms with Crippen LogP contribution in [0.2, 0.25) is 0 Å². The van der Waals surface area contributed by atoms with E-state index in [2.05, 4.69) is 27.4 Å². The van der Waals surface area contributed by atoms with Gasteiger partial charge in [-0.1, -0.05) is 25.5 Å². The van der Waals surface area contributed by atoms with Gasteiger partial charge in [-0.15, -0.1) is 0 Å². The summed E-state index contributed by atoms with van der Waals surface area (Å²) in [6, 6.07) is 8.30. The van der Waals surface area contributed by atoms with Crippen molar-refractivity contribution >= 4 is 5.96 Å². The van der Waals surface area contributed by atoms with Gasteiger partial charge < -0.3 is 20.1 Å². The monoisotopic (exact) mass is 362 g/mol. The number of likely N-dealkylation sites (tertiary alicyclic amines) is 1.